The van der Waals surface area contributed by atoms with Crippen LogP contribution in [0.1, 0.15) is 55.4 Å². The maximum Gasteiger partial charge on any atom is 0.0113 e. The first-order valence-corrected chi connectivity index (χ1v) is 10.2. The molecule has 144 valence electrons. The number of hydrogen-bond acceptors (Lipinski definition) is 4. The summed E-state index contributed by atoms with van der Waals surface area (Å²) in [6.07, 6.45) is 0. The van der Waals surface area contributed by atoms with E-state index in [4.69, 9.17) is 0 Å². The van der Waals surface area contributed by atoms with Crippen molar-refractivity contribution in [1.29, 1.82) is 0 Å². The Bertz CT molecular complexity index is 248. The van der Waals surface area contributed by atoms with Gasteiger partial charge in [0.1, 0.15) is 0 Å². The van der Waals surface area contributed by atoms with Crippen molar-refractivity contribution in [3.05, 3.63) is 0 Å². The second-order valence-electron chi connectivity index (χ2n) is 8.52. The molecule has 0 saturated carbocycles. The molecule has 2 saturated heterocycles. The van der Waals surface area contributed by atoms with Crippen LogP contribution in [0.3, 0.4) is 0 Å². The van der Waals surface area contributed by atoms with E-state index in [9.17, 15) is 0 Å². The second-order valence-corrected chi connectivity index (χ2v) is 8.52. The van der Waals surface area contributed by atoms with Crippen LogP contribution in [-0.2, 0) is 0 Å². The maximum absolute atomic E-state index is 2.55. The summed E-state index contributed by atoms with van der Waals surface area (Å²) < 4.78 is 0. The molecule has 2 aliphatic heterocycles. The van der Waals surface area contributed by atoms with Gasteiger partial charge in [0.25, 0.3) is 0 Å². The third kappa shape index (κ3) is 7.38. The summed E-state index contributed by atoms with van der Waals surface area (Å²) in [7, 11) is 0. The van der Waals surface area contributed by atoms with Gasteiger partial charge in [-0.25, -0.2) is 0 Å². The van der Waals surface area contributed by atoms with E-state index < -0.39 is 0 Å². The summed E-state index contributed by atoms with van der Waals surface area (Å²) >= 11 is 0. The van der Waals surface area contributed by atoms with Crippen molar-refractivity contribution >= 4 is 0 Å². The van der Waals surface area contributed by atoms with Gasteiger partial charge in [-0.05, 0) is 55.4 Å². The van der Waals surface area contributed by atoms with E-state index in [1.807, 2.05) is 0 Å². The van der Waals surface area contributed by atoms with Gasteiger partial charge in [0.2, 0.25) is 0 Å². The Balaban J connectivity index is 0.000000240. The molecular formula is C20H44N4. The summed E-state index contributed by atoms with van der Waals surface area (Å²) in [5.41, 5.74) is 0. The number of piperazine rings is 2. The van der Waals surface area contributed by atoms with E-state index in [2.05, 4.69) is 75.0 Å². The van der Waals surface area contributed by atoms with Gasteiger partial charge in [0, 0.05) is 76.5 Å². The van der Waals surface area contributed by atoms with Crippen molar-refractivity contribution in [1.82, 2.24) is 19.6 Å². The van der Waals surface area contributed by atoms with Gasteiger partial charge >= 0.3 is 0 Å². The quantitative estimate of drug-likeness (QED) is 0.780. The molecular weight excluding hydrogens is 296 g/mol. The Morgan fingerprint density at radius 2 is 0.458 bits per heavy atom. The molecule has 2 aliphatic rings. The summed E-state index contributed by atoms with van der Waals surface area (Å²) in [5.74, 6) is 0. The lowest BCUT2D eigenvalue weighted by molar-refractivity contribution is 0.0887. The molecule has 0 aromatic rings. The van der Waals surface area contributed by atoms with Crippen LogP contribution in [-0.4, -0.2) is 96.1 Å². The average Bonchev–Trinajstić information content (AvgIpc) is 2.55. The molecule has 4 nitrogen and oxygen atoms in total. The molecule has 0 N–H and O–H groups in total. The van der Waals surface area contributed by atoms with Gasteiger partial charge in [-0.1, -0.05) is 0 Å². The smallest absolute Gasteiger partial charge is 0.0113 e. The highest BCUT2D eigenvalue weighted by atomic mass is 15.3. The molecule has 4 heteroatoms. The van der Waals surface area contributed by atoms with Crippen molar-refractivity contribution in [2.24, 2.45) is 0 Å². The van der Waals surface area contributed by atoms with Crippen molar-refractivity contribution in [3.63, 3.8) is 0 Å². The van der Waals surface area contributed by atoms with E-state index in [-0.39, 0.29) is 0 Å². The average molecular weight is 341 g/mol. The lowest BCUT2D eigenvalue weighted by Crippen LogP contribution is -2.50. The Morgan fingerprint density at radius 1 is 0.333 bits per heavy atom. The maximum atomic E-state index is 2.55. The van der Waals surface area contributed by atoms with Gasteiger partial charge in [-0.2, -0.15) is 0 Å². The Morgan fingerprint density at radius 3 is 0.542 bits per heavy atom. The summed E-state index contributed by atoms with van der Waals surface area (Å²) in [6.45, 7) is 28.2. The molecule has 0 aromatic heterocycles. The fourth-order valence-corrected chi connectivity index (χ4v) is 3.54. The van der Waals surface area contributed by atoms with E-state index in [0.29, 0.717) is 0 Å². The Hall–Kier alpha value is -0.160. The van der Waals surface area contributed by atoms with Crippen LogP contribution in [0.25, 0.3) is 0 Å². The van der Waals surface area contributed by atoms with Crippen LogP contribution in [0, 0.1) is 0 Å². The second kappa shape index (κ2) is 10.7. The molecule has 0 atom stereocenters. The fourth-order valence-electron chi connectivity index (χ4n) is 3.54. The highest BCUT2D eigenvalue weighted by Crippen LogP contribution is 2.09. The number of hydrogen-bond donors (Lipinski definition) is 0. The lowest BCUT2D eigenvalue weighted by atomic mass is 10.2. The SMILES string of the molecule is CC(C)N1CCN(C(C)C)CC1.CC(C)N1CCN(C(C)C)CC1. The van der Waals surface area contributed by atoms with Crippen molar-refractivity contribution in [2.75, 3.05) is 52.4 Å². The van der Waals surface area contributed by atoms with E-state index in [1.165, 1.54) is 52.4 Å². The minimum atomic E-state index is 0.722. The fraction of sp³-hybridized carbons (Fsp3) is 1.00. The van der Waals surface area contributed by atoms with Crippen LogP contribution >= 0.6 is 0 Å². The normalized spacial score (nSPS) is 22.5. The summed E-state index contributed by atoms with van der Waals surface area (Å²) in [6, 6.07) is 2.89. The van der Waals surface area contributed by atoms with Gasteiger partial charge in [0.05, 0.1) is 0 Å². The molecule has 2 heterocycles. The van der Waals surface area contributed by atoms with Crippen molar-refractivity contribution in [2.45, 2.75) is 79.6 Å². The summed E-state index contributed by atoms with van der Waals surface area (Å²) in [5, 5.41) is 0. The first kappa shape index (κ1) is 21.9. The standard InChI is InChI=1S/2C10H22N2/c2*1-9(2)11-5-7-12(8-6-11)10(3)4/h2*9-10H,5-8H2,1-4H3. The number of nitrogens with zero attached hydrogens (tertiary/aromatic N) is 4. The largest absolute Gasteiger partial charge is 0.298 e. The third-order valence-electron chi connectivity index (χ3n) is 5.62. The van der Waals surface area contributed by atoms with Crippen LogP contribution in [0.15, 0.2) is 0 Å². The lowest BCUT2D eigenvalue weighted by Gasteiger charge is -2.38. The van der Waals surface area contributed by atoms with E-state index in [1.54, 1.807) is 0 Å². The molecule has 2 rings (SSSR count). The molecule has 2 fully saturated rings. The zero-order valence-electron chi connectivity index (χ0n) is 17.8. The van der Waals surface area contributed by atoms with Crippen molar-refractivity contribution in [3.8, 4) is 0 Å². The first-order chi connectivity index (χ1) is 11.2. The van der Waals surface area contributed by atoms with Crippen molar-refractivity contribution < 1.29 is 0 Å². The predicted molar refractivity (Wildman–Crippen MR) is 107 cm³/mol. The minimum Gasteiger partial charge on any atom is -0.298 e. The molecule has 24 heavy (non-hydrogen) atoms. The van der Waals surface area contributed by atoms with Gasteiger partial charge in [0.15, 0.2) is 0 Å². The zero-order chi connectivity index (χ0) is 18.3. The monoisotopic (exact) mass is 340 g/mol. The predicted octanol–water partition coefficient (Wildman–Crippen LogP) is 2.84. The molecule has 0 spiro atoms. The minimum absolute atomic E-state index is 0.722. The first-order valence-electron chi connectivity index (χ1n) is 10.2. The molecule has 0 bridgehead atoms. The van der Waals surface area contributed by atoms with Gasteiger partial charge in [-0.15, -0.1) is 0 Å². The topological polar surface area (TPSA) is 13.0 Å². The van der Waals surface area contributed by atoms with Crippen LogP contribution in [0.5, 0.6) is 0 Å². The molecule has 0 unspecified atom stereocenters. The van der Waals surface area contributed by atoms with Crippen LogP contribution in [0.2, 0.25) is 0 Å². The van der Waals surface area contributed by atoms with Gasteiger partial charge in [-0.3, -0.25) is 19.6 Å². The zero-order valence-corrected chi connectivity index (χ0v) is 17.8. The highest BCUT2D eigenvalue weighted by Gasteiger charge is 2.20. The third-order valence-corrected chi connectivity index (χ3v) is 5.62. The molecule has 0 radical (unpaired) electrons. The molecule has 0 aliphatic carbocycles. The molecule has 0 aromatic carbocycles. The van der Waals surface area contributed by atoms with Crippen LogP contribution in [0.4, 0.5) is 0 Å². The van der Waals surface area contributed by atoms with E-state index >= 15 is 0 Å². The highest BCUT2D eigenvalue weighted by molar-refractivity contribution is 4.76. The Kier molecular flexibility index (Phi) is 9.80. The Labute approximate surface area is 152 Å². The number of rotatable bonds is 4. The van der Waals surface area contributed by atoms with E-state index in [0.717, 1.165) is 24.2 Å². The van der Waals surface area contributed by atoms with Gasteiger partial charge < -0.3 is 0 Å². The molecule has 0 amide bonds. The summed E-state index contributed by atoms with van der Waals surface area (Å²) in [4.78, 5) is 10.2. The van der Waals surface area contributed by atoms with Crippen LogP contribution < -0.4 is 0 Å².